The van der Waals surface area contributed by atoms with Gasteiger partial charge in [-0.15, -0.1) is 0 Å². The van der Waals surface area contributed by atoms with E-state index in [4.69, 9.17) is 15.2 Å². The molecule has 0 bridgehead atoms. The molecule has 1 unspecified atom stereocenters. The molecule has 2 rings (SSSR count). The van der Waals surface area contributed by atoms with Crippen LogP contribution < -0.4 is 15.2 Å². The largest absolute Gasteiger partial charge is 0.493 e. The SMILES string of the molecule is CCCOc1ccc(CC(C)N)c(OCCC2CC2)c1. The first-order chi connectivity index (χ1) is 9.69. The van der Waals surface area contributed by atoms with Gasteiger partial charge < -0.3 is 15.2 Å². The topological polar surface area (TPSA) is 44.5 Å². The van der Waals surface area contributed by atoms with Gasteiger partial charge in [0.25, 0.3) is 0 Å². The average Bonchev–Trinajstić information content (AvgIpc) is 3.22. The fourth-order valence-corrected chi connectivity index (χ4v) is 2.24. The molecule has 0 aromatic heterocycles. The minimum atomic E-state index is 0.142. The Hall–Kier alpha value is -1.22. The van der Waals surface area contributed by atoms with Crippen LogP contribution in [0.15, 0.2) is 18.2 Å². The molecule has 0 heterocycles. The van der Waals surface area contributed by atoms with E-state index >= 15 is 0 Å². The van der Waals surface area contributed by atoms with Gasteiger partial charge in [0.15, 0.2) is 0 Å². The Balaban J connectivity index is 1.99. The molecule has 20 heavy (non-hydrogen) atoms. The van der Waals surface area contributed by atoms with E-state index in [0.29, 0.717) is 0 Å². The van der Waals surface area contributed by atoms with Crippen molar-refractivity contribution in [3.8, 4) is 11.5 Å². The van der Waals surface area contributed by atoms with Crippen LogP contribution in [0.1, 0.15) is 45.1 Å². The van der Waals surface area contributed by atoms with Crippen molar-refractivity contribution in [1.82, 2.24) is 0 Å². The third kappa shape index (κ3) is 5.04. The van der Waals surface area contributed by atoms with Crippen LogP contribution in [0.3, 0.4) is 0 Å². The Morgan fingerprint density at radius 1 is 1.25 bits per heavy atom. The van der Waals surface area contributed by atoms with Crippen molar-refractivity contribution in [2.75, 3.05) is 13.2 Å². The van der Waals surface area contributed by atoms with Crippen LogP contribution in [0.2, 0.25) is 0 Å². The van der Waals surface area contributed by atoms with Crippen molar-refractivity contribution in [3.63, 3.8) is 0 Å². The summed E-state index contributed by atoms with van der Waals surface area (Å²) in [5, 5.41) is 0. The number of hydrogen-bond acceptors (Lipinski definition) is 3. The molecular weight excluding hydrogens is 250 g/mol. The van der Waals surface area contributed by atoms with Crippen LogP contribution in [0.5, 0.6) is 11.5 Å². The lowest BCUT2D eigenvalue weighted by atomic mass is 10.1. The molecule has 1 aromatic rings. The zero-order chi connectivity index (χ0) is 14.4. The second-order valence-electron chi connectivity index (χ2n) is 5.88. The summed E-state index contributed by atoms with van der Waals surface area (Å²) in [6.07, 6.45) is 5.76. The summed E-state index contributed by atoms with van der Waals surface area (Å²) in [5.41, 5.74) is 7.09. The highest BCUT2D eigenvalue weighted by atomic mass is 16.5. The highest BCUT2D eigenvalue weighted by molar-refractivity contribution is 5.41. The molecule has 3 heteroatoms. The summed E-state index contributed by atoms with van der Waals surface area (Å²) in [4.78, 5) is 0. The smallest absolute Gasteiger partial charge is 0.126 e. The Kier molecular flexibility index (Phi) is 5.72. The monoisotopic (exact) mass is 277 g/mol. The Morgan fingerprint density at radius 3 is 2.70 bits per heavy atom. The molecule has 112 valence electrons. The predicted molar refractivity (Wildman–Crippen MR) is 82.4 cm³/mol. The lowest BCUT2D eigenvalue weighted by Crippen LogP contribution is -2.18. The van der Waals surface area contributed by atoms with Crippen LogP contribution in [0.25, 0.3) is 0 Å². The predicted octanol–water partition coefficient (Wildman–Crippen LogP) is 3.54. The van der Waals surface area contributed by atoms with Gasteiger partial charge in [-0.25, -0.2) is 0 Å². The summed E-state index contributed by atoms with van der Waals surface area (Å²) in [7, 11) is 0. The Morgan fingerprint density at radius 2 is 2.05 bits per heavy atom. The molecule has 3 nitrogen and oxygen atoms in total. The van der Waals surface area contributed by atoms with E-state index < -0.39 is 0 Å². The van der Waals surface area contributed by atoms with Crippen LogP contribution in [-0.4, -0.2) is 19.3 Å². The second kappa shape index (κ2) is 7.53. The molecule has 1 aliphatic rings. The zero-order valence-corrected chi connectivity index (χ0v) is 12.7. The molecular formula is C17H27NO2. The summed E-state index contributed by atoms with van der Waals surface area (Å²) in [5.74, 6) is 2.73. The molecule has 1 aromatic carbocycles. The molecule has 0 radical (unpaired) electrons. The third-order valence-corrected chi connectivity index (χ3v) is 3.53. The molecule has 1 saturated carbocycles. The van der Waals surface area contributed by atoms with Gasteiger partial charge in [-0.05, 0) is 43.7 Å². The summed E-state index contributed by atoms with van der Waals surface area (Å²) >= 11 is 0. The van der Waals surface area contributed by atoms with Gasteiger partial charge in [-0.1, -0.05) is 25.8 Å². The lowest BCUT2D eigenvalue weighted by molar-refractivity contribution is 0.290. The fourth-order valence-electron chi connectivity index (χ4n) is 2.24. The standard InChI is InChI=1S/C17H27NO2/c1-3-9-19-16-7-6-15(11-13(2)18)17(12-16)20-10-8-14-4-5-14/h6-7,12-14H,3-5,8-11,18H2,1-2H3. The first-order valence-electron chi connectivity index (χ1n) is 7.83. The number of benzene rings is 1. The van der Waals surface area contributed by atoms with Gasteiger partial charge in [0.05, 0.1) is 13.2 Å². The summed E-state index contributed by atoms with van der Waals surface area (Å²) in [6, 6.07) is 6.26. The van der Waals surface area contributed by atoms with E-state index in [1.165, 1.54) is 18.4 Å². The maximum atomic E-state index is 5.97. The van der Waals surface area contributed by atoms with Crippen molar-refractivity contribution in [2.24, 2.45) is 11.7 Å². The molecule has 2 N–H and O–H groups in total. The van der Waals surface area contributed by atoms with Crippen molar-refractivity contribution in [2.45, 2.75) is 52.0 Å². The molecule has 0 spiro atoms. The minimum absolute atomic E-state index is 0.142. The Bertz CT molecular complexity index is 413. The van der Waals surface area contributed by atoms with E-state index in [1.807, 2.05) is 19.1 Å². The number of nitrogens with two attached hydrogens (primary N) is 1. The lowest BCUT2D eigenvalue weighted by Gasteiger charge is -2.15. The molecule has 1 atom stereocenters. The van der Waals surface area contributed by atoms with E-state index in [1.54, 1.807) is 0 Å². The normalized spacial score (nSPS) is 15.9. The number of ether oxygens (including phenoxy) is 2. The number of hydrogen-bond donors (Lipinski definition) is 1. The Labute approximate surface area is 122 Å². The van der Waals surface area contributed by atoms with Gasteiger partial charge >= 0.3 is 0 Å². The van der Waals surface area contributed by atoms with E-state index in [9.17, 15) is 0 Å². The maximum Gasteiger partial charge on any atom is 0.126 e. The first kappa shape index (κ1) is 15.2. The van der Waals surface area contributed by atoms with Gasteiger partial charge in [0.2, 0.25) is 0 Å². The van der Waals surface area contributed by atoms with Gasteiger partial charge in [0.1, 0.15) is 11.5 Å². The van der Waals surface area contributed by atoms with Crippen molar-refractivity contribution in [1.29, 1.82) is 0 Å². The van der Waals surface area contributed by atoms with Crippen LogP contribution in [0.4, 0.5) is 0 Å². The van der Waals surface area contributed by atoms with Crippen LogP contribution >= 0.6 is 0 Å². The van der Waals surface area contributed by atoms with E-state index in [2.05, 4.69) is 13.0 Å². The van der Waals surface area contributed by atoms with Gasteiger partial charge in [0, 0.05) is 12.1 Å². The quantitative estimate of drug-likeness (QED) is 0.751. The minimum Gasteiger partial charge on any atom is -0.493 e. The maximum absolute atomic E-state index is 5.97. The first-order valence-corrected chi connectivity index (χ1v) is 7.83. The molecule has 1 fully saturated rings. The van der Waals surface area contributed by atoms with Crippen molar-refractivity contribution < 1.29 is 9.47 Å². The van der Waals surface area contributed by atoms with E-state index in [-0.39, 0.29) is 6.04 Å². The fraction of sp³-hybridized carbons (Fsp3) is 0.647. The van der Waals surface area contributed by atoms with Gasteiger partial charge in [-0.3, -0.25) is 0 Å². The van der Waals surface area contributed by atoms with Crippen molar-refractivity contribution in [3.05, 3.63) is 23.8 Å². The molecule has 0 amide bonds. The third-order valence-electron chi connectivity index (χ3n) is 3.53. The summed E-state index contributed by atoms with van der Waals surface area (Å²) < 4.78 is 11.7. The molecule has 0 saturated heterocycles. The zero-order valence-electron chi connectivity index (χ0n) is 12.7. The molecule has 1 aliphatic carbocycles. The van der Waals surface area contributed by atoms with Gasteiger partial charge in [-0.2, -0.15) is 0 Å². The highest BCUT2D eigenvalue weighted by Crippen LogP contribution is 2.33. The van der Waals surface area contributed by atoms with Crippen LogP contribution in [-0.2, 0) is 6.42 Å². The second-order valence-corrected chi connectivity index (χ2v) is 5.88. The average molecular weight is 277 g/mol. The highest BCUT2D eigenvalue weighted by Gasteiger charge is 2.21. The van der Waals surface area contributed by atoms with Crippen molar-refractivity contribution >= 4 is 0 Å². The number of rotatable bonds is 9. The van der Waals surface area contributed by atoms with Crippen LogP contribution in [0, 0.1) is 5.92 Å². The summed E-state index contributed by atoms with van der Waals surface area (Å²) in [6.45, 7) is 5.68. The van der Waals surface area contributed by atoms with E-state index in [0.717, 1.165) is 49.9 Å². The molecule has 0 aliphatic heterocycles.